The Hall–Kier alpha value is -4.39. The number of pyridine rings is 2. The molecule has 194 valence electrons. The van der Waals surface area contributed by atoms with Crippen LogP contribution in [0.3, 0.4) is 0 Å². The lowest BCUT2D eigenvalue weighted by atomic mass is 9.86. The van der Waals surface area contributed by atoms with Crippen LogP contribution >= 0.6 is 0 Å². The molecule has 38 heavy (non-hydrogen) atoms. The van der Waals surface area contributed by atoms with Crippen LogP contribution in [0.5, 0.6) is 11.8 Å². The number of anilines is 1. The van der Waals surface area contributed by atoms with Crippen molar-refractivity contribution < 1.29 is 19.4 Å². The smallest absolute Gasteiger partial charge is 0.306 e. The summed E-state index contributed by atoms with van der Waals surface area (Å²) in [5.74, 6) is 0.819. The van der Waals surface area contributed by atoms with Crippen LogP contribution in [0.4, 0.5) is 5.82 Å². The van der Waals surface area contributed by atoms with Gasteiger partial charge in [0, 0.05) is 29.4 Å². The van der Waals surface area contributed by atoms with Gasteiger partial charge in [0.25, 0.3) is 0 Å². The van der Waals surface area contributed by atoms with Crippen molar-refractivity contribution in [2.75, 3.05) is 5.32 Å². The third-order valence-electron chi connectivity index (χ3n) is 6.79. The number of nitrogens with zero attached hydrogens (tertiary/aromatic N) is 2. The van der Waals surface area contributed by atoms with Gasteiger partial charge in [-0.15, -0.1) is 0 Å². The minimum atomic E-state index is -0.693. The normalized spacial score (nSPS) is 16.9. The number of aliphatic carboxylic acids is 1. The Kier molecular flexibility index (Phi) is 8.13. The van der Waals surface area contributed by atoms with Crippen molar-refractivity contribution in [2.45, 2.75) is 44.9 Å². The minimum absolute atomic E-state index is 0.232. The van der Waals surface area contributed by atoms with Crippen molar-refractivity contribution in [1.82, 2.24) is 9.97 Å². The van der Waals surface area contributed by atoms with Crippen molar-refractivity contribution >= 4 is 11.8 Å². The molecule has 2 heterocycles. The summed E-state index contributed by atoms with van der Waals surface area (Å²) in [6.07, 6.45) is 4.84. The zero-order chi connectivity index (χ0) is 26.2. The summed E-state index contributed by atoms with van der Waals surface area (Å²) < 4.78 is 12.1. The van der Waals surface area contributed by atoms with E-state index in [2.05, 4.69) is 15.3 Å². The SMILES string of the molecule is O=C(O)C1CCC(Nc2ccc(-c3ccc(OCc4ccccc4)nc3OCc3ccccc3)cn2)CC1. The van der Waals surface area contributed by atoms with Crippen LogP contribution in [0, 0.1) is 5.92 Å². The molecule has 0 radical (unpaired) electrons. The average Bonchev–Trinajstić information content (AvgIpc) is 2.97. The largest absolute Gasteiger partial charge is 0.481 e. The van der Waals surface area contributed by atoms with E-state index in [0.717, 1.165) is 40.9 Å². The van der Waals surface area contributed by atoms with Crippen molar-refractivity contribution in [3.05, 3.63) is 102 Å². The number of aromatic nitrogens is 2. The highest BCUT2D eigenvalue weighted by atomic mass is 16.5. The predicted molar refractivity (Wildman–Crippen MR) is 146 cm³/mol. The second-order valence-corrected chi connectivity index (χ2v) is 9.51. The van der Waals surface area contributed by atoms with E-state index in [9.17, 15) is 9.90 Å². The molecule has 5 rings (SSSR count). The van der Waals surface area contributed by atoms with Gasteiger partial charge in [0.1, 0.15) is 19.0 Å². The molecule has 7 nitrogen and oxygen atoms in total. The number of carbonyl (C=O) groups is 1. The number of ether oxygens (including phenoxy) is 2. The van der Waals surface area contributed by atoms with E-state index in [1.165, 1.54) is 0 Å². The Labute approximate surface area is 222 Å². The van der Waals surface area contributed by atoms with Crippen LogP contribution in [0.15, 0.2) is 91.1 Å². The van der Waals surface area contributed by atoms with Crippen LogP contribution in [0.1, 0.15) is 36.8 Å². The molecule has 4 aromatic rings. The van der Waals surface area contributed by atoms with E-state index in [4.69, 9.17) is 9.47 Å². The molecule has 1 saturated carbocycles. The summed E-state index contributed by atoms with van der Waals surface area (Å²) in [4.78, 5) is 20.5. The van der Waals surface area contributed by atoms with E-state index in [0.29, 0.717) is 37.8 Å². The maximum atomic E-state index is 11.2. The van der Waals surface area contributed by atoms with Gasteiger partial charge in [0.05, 0.1) is 5.92 Å². The Balaban J connectivity index is 1.30. The fourth-order valence-corrected chi connectivity index (χ4v) is 4.62. The quantitative estimate of drug-likeness (QED) is 0.257. The highest BCUT2D eigenvalue weighted by Gasteiger charge is 2.26. The third-order valence-corrected chi connectivity index (χ3v) is 6.79. The number of carboxylic acids is 1. The molecule has 1 aliphatic carbocycles. The fraction of sp³-hybridized carbons (Fsp3) is 0.258. The molecule has 0 amide bonds. The fourth-order valence-electron chi connectivity index (χ4n) is 4.62. The van der Waals surface area contributed by atoms with E-state index < -0.39 is 5.97 Å². The van der Waals surface area contributed by atoms with E-state index >= 15 is 0 Å². The molecule has 2 aromatic carbocycles. The maximum Gasteiger partial charge on any atom is 0.306 e. The number of hydrogen-bond acceptors (Lipinski definition) is 6. The molecular formula is C31H31N3O4. The van der Waals surface area contributed by atoms with Crippen LogP contribution < -0.4 is 14.8 Å². The second-order valence-electron chi connectivity index (χ2n) is 9.51. The van der Waals surface area contributed by atoms with Crippen molar-refractivity contribution in [1.29, 1.82) is 0 Å². The molecule has 1 aliphatic rings. The maximum absolute atomic E-state index is 11.2. The number of benzene rings is 2. The first kappa shape index (κ1) is 25.3. The monoisotopic (exact) mass is 509 g/mol. The van der Waals surface area contributed by atoms with Gasteiger partial charge >= 0.3 is 5.97 Å². The summed E-state index contributed by atoms with van der Waals surface area (Å²) in [7, 11) is 0. The van der Waals surface area contributed by atoms with Crippen LogP contribution in [-0.2, 0) is 18.0 Å². The van der Waals surface area contributed by atoms with Crippen molar-refractivity contribution in [2.24, 2.45) is 5.92 Å². The molecular weight excluding hydrogens is 478 g/mol. The summed E-state index contributed by atoms with van der Waals surface area (Å²) >= 11 is 0. The van der Waals surface area contributed by atoms with Crippen LogP contribution in [0.25, 0.3) is 11.1 Å². The lowest BCUT2D eigenvalue weighted by Crippen LogP contribution is -2.29. The van der Waals surface area contributed by atoms with Gasteiger partial charge < -0.3 is 19.9 Å². The molecule has 1 fully saturated rings. The van der Waals surface area contributed by atoms with E-state index in [1.54, 1.807) is 0 Å². The van der Waals surface area contributed by atoms with Gasteiger partial charge in [-0.1, -0.05) is 60.7 Å². The van der Waals surface area contributed by atoms with E-state index in [-0.39, 0.29) is 12.0 Å². The molecule has 2 aromatic heterocycles. The Morgan fingerprint density at radius 1 is 0.816 bits per heavy atom. The number of carboxylic acid groups (broad SMARTS) is 1. The zero-order valence-electron chi connectivity index (χ0n) is 21.1. The second kappa shape index (κ2) is 12.2. The average molecular weight is 510 g/mol. The number of hydrogen-bond donors (Lipinski definition) is 2. The lowest BCUT2D eigenvalue weighted by Gasteiger charge is -2.27. The van der Waals surface area contributed by atoms with E-state index in [1.807, 2.05) is 91.1 Å². The Bertz CT molecular complexity index is 1320. The molecule has 0 bridgehead atoms. The summed E-state index contributed by atoms with van der Waals surface area (Å²) in [5, 5.41) is 12.7. The molecule has 0 unspecified atom stereocenters. The summed E-state index contributed by atoms with van der Waals surface area (Å²) in [6, 6.07) is 27.9. The first-order chi connectivity index (χ1) is 18.6. The van der Waals surface area contributed by atoms with Crippen LogP contribution in [-0.4, -0.2) is 27.1 Å². The lowest BCUT2D eigenvalue weighted by molar-refractivity contribution is -0.142. The third kappa shape index (κ3) is 6.68. The Morgan fingerprint density at radius 3 is 2.08 bits per heavy atom. The minimum Gasteiger partial charge on any atom is -0.481 e. The topological polar surface area (TPSA) is 93.6 Å². The Morgan fingerprint density at radius 2 is 1.47 bits per heavy atom. The van der Waals surface area contributed by atoms with Gasteiger partial charge in [0.15, 0.2) is 0 Å². The highest BCUT2D eigenvalue weighted by molar-refractivity contribution is 5.70. The zero-order valence-corrected chi connectivity index (χ0v) is 21.1. The molecule has 7 heteroatoms. The molecule has 0 aliphatic heterocycles. The van der Waals surface area contributed by atoms with Gasteiger partial charge in [-0.05, 0) is 55.0 Å². The summed E-state index contributed by atoms with van der Waals surface area (Å²) in [6.45, 7) is 0.802. The standard InChI is InChI=1S/C31H31N3O4/c35-31(36)24-11-14-26(15-12-24)33-28-17-13-25(19-32-28)27-16-18-29(37-20-22-7-3-1-4-8-22)34-30(27)38-21-23-9-5-2-6-10-23/h1-10,13,16-19,24,26H,11-12,14-15,20-21H2,(H,32,33)(H,35,36). The molecule has 2 N–H and O–H groups in total. The first-order valence-corrected chi connectivity index (χ1v) is 12.9. The van der Waals surface area contributed by atoms with Gasteiger partial charge in [-0.3, -0.25) is 4.79 Å². The molecule has 0 atom stereocenters. The van der Waals surface area contributed by atoms with Gasteiger partial charge in [-0.2, -0.15) is 4.98 Å². The van der Waals surface area contributed by atoms with Gasteiger partial charge in [0.2, 0.25) is 11.8 Å². The van der Waals surface area contributed by atoms with Crippen LogP contribution in [0.2, 0.25) is 0 Å². The van der Waals surface area contributed by atoms with Crippen molar-refractivity contribution in [3.63, 3.8) is 0 Å². The van der Waals surface area contributed by atoms with Crippen molar-refractivity contribution in [3.8, 4) is 22.9 Å². The summed E-state index contributed by atoms with van der Waals surface area (Å²) in [5.41, 5.74) is 3.82. The number of nitrogens with one attached hydrogen (secondary N) is 1. The predicted octanol–water partition coefficient (Wildman–Crippen LogP) is 6.36. The number of rotatable bonds is 10. The highest BCUT2D eigenvalue weighted by Crippen LogP contribution is 2.32. The first-order valence-electron chi connectivity index (χ1n) is 12.9. The molecule has 0 saturated heterocycles. The van der Waals surface area contributed by atoms with Gasteiger partial charge in [-0.25, -0.2) is 4.98 Å². The molecule has 0 spiro atoms.